The average Bonchev–Trinajstić information content (AvgIpc) is 3.04. The number of rotatable bonds is 9. The molecule has 4 aromatic carbocycles. The summed E-state index contributed by atoms with van der Waals surface area (Å²) in [4.78, 5) is 23.3. The zero-order valence-corrected chi connectivity index (χ0v) is 32.1. The fourth-order valence-electron chi connectivity index (χ4n) is 5.36. The van der Waals surface area contributed by atoms with Gasteiger partial charge in [0, 0.05) is 10.8 Å². The third-order valence-corrected chi connectivity index (χ3v) is 9.10. The van der Waals surface area contributed by atoms with Crippen LogP contribution in [0, 0.1) is 19.3 Å². The quantitative estimate of drug-likeness (QED) is 0.129. The van der Waals surface area contributed by atoms with Gasteiger partial charge in [-0.15, -0.1) is 0 Å². The summed E-state index contributed by atoms with van der Waals surface area (Å²) in [5.41, 5.74) is 6.69. The summed E-state index contributed by atoms with van der Waals surface area (Å²) in [5.74, 6) is 0.968. The van der Waals surface area contributed by atoms with E-state index in [9.17, 15) is 9.59 Å². The van der Waals surface area contributed by atoms with Crippen LogP contribution in [0.2, 0.25) is 0 Å². The molecule has 0 fully saturated rings. The van der Waals surface area contributed by atoms with Crippen LogP contribution in [-0.2, 0) is 20.3 Å². The van der Waals surface area contributed by atoms with Crippen molar-refractivity contribution in [3.8, 4) is 11.5 Å². The lowest BCUT2D eigenvalue weighted by atomic mass is 9.78. The molecule has 268 valence electrons. The maximum atomic E-state index is 12.2. The minimum absolute atomic E-state index is 0.114. The van der Waals surface area contributed by atoms with E-state index in [1.165, 1.54) is 29.4 Å². The standard InChI is InChI=1S/C26H36O3.C18H20O3/c1-19-9-11-20(12-10-19)26(7,8)21-13-15-22(16-14-21)28-23(27)29-25(5,6)18-17-24(2,3)4;1-13-5-7-14(8-6-13)18(2,3)15-9-11-16(12-10-15)21-17(19)20-4/h9-16H,17-18H2,1-8H3;5-12H,1-4H3. The molecular weight excluding hydrogens is 624 g/mol. The van der Waals surface area contributed by atoms with Crippen molar-refractivity contribution in [3.63, 3.8) is 0 Å². The smallest absolute Gasteiger partial charge is 0.437 e. The molecule has 0 aromatic heterocycles. The van der Waals surface area contributed by atoms with E-state index in [1.807, 2.05) is 50.2 Å². The number of carbonyl (C=O) groups excluding carboxylic acids is 2. The lowest BCUT2D eigenvalue weighted by Crippen LogP contribution is -2.31. The van der Waals surface area contributed by atoms with Crippen molar-refractivity contribution >= 4 is 12.3 Å². The average molecular weight is 681 g/mol. The molecule has 0 atom stereocenters. The number of aryl methyl sites for hydroxylation is 2. The fourth-order valence-corrected chi connectivity index (χ4v) is 5.36. The van der Waals surface area contributed by atoms with Crippen LogP contribution in [0.1, 0.15) is 109 Å². The van der Waals surface area contributed by atoms with Crippen molar-refractivity contribution < 1.29 is 28.5 Å². The Morgan fingerprint density at radius 1 is 0.480 bits per heavy atom. The van der Waals surface area contributed by atoms with Gasteiger partial charge in [-0.25, -0.2) is 9.59 Å². The summed E-state index contributed by atoms with van der Waals surface area (Å²) >= 11 is 0. The zero-order chi connectivity index (χ0) is 37.3. The minimum atomic E-state index is -0.708. The third kappa shape index (κ3) is 11.8. The third-order valence-electron chi connectivity index (χ3n) is 9.10. The molecule has 0 aliphatic heterocycles. The van der Waals surface area contributed by atoms with Crippen molar-refractivity contribution in [2.24, 2.45) is 5.41 Å². The van der Waals surface area contributed by atoms with Crippen LogP contribution in [0.5, 0.6) is 11.5 Å². The number of hydrogen-bond acceptors (Lipinski definition) is 6. The van der Waals surface area contributed by atoms with Crippen LogP contribution in [-0.4, -0.2) is 25.0 Å². The predicted molar refractivity (Wildman–Crippen MR) is 202 cm³/mol. The van der Waals surface area contributed by atoms with Crippen molar-refractivity contribution in [3.05, 3.63) is 130 Å². The van der Waals surface area contributed by atoms with Gasteiger partial charge in [-0.1, -0.05) is 132 Å². The molecular formula is C44H56O6. The Hall–Kier alpha value is -4.58. The van der Waals surface area contributed by atoms with E-state index in [0.717, 1.165) is 24.0 Å². The highest BCUT2D eigenvalue weighted by Gasteiger charge is 2.27. The first-order chi connectivity index (χ1) is 23.2. The molecule has 0 amide bonds. The van der Waals surface area contributed by atoms with Gasteiger partial charge < -0.3 is 18.9 Å². The lowest BCUT2D eigenvalue weighted by Gasteiger charge is -2.28. The molecule has 0 saturated heterocycles. The summed E-state index contributed by atoms with van der Waals surface area (Å²) in [6, 6.07) is 32.3. The van der Waals surface area contributed by atoms with E-state index < -0.39 is 17.9 Å². The second-order valence-corrected chi connectivity index (χ2v) is 15.9. The van der Waals surface area contributed by atoms with Crippen molar-refractivity contribution in [2.45, 2.75) is 105 Å². The van der Waals surface area contributed by atoms with Gasteiger partial charge in [0.05, 0.1) is 7.11 Å². The van der Waals surface area contributed by atoms with Crippen LogP contribution in [0.15, 0.2) is 97.1 Å². The van der Waals surface area contributed by atoms with E-state index in [1.54, 1.807) is 12.1 Å². The van der Waals surface area contributed by atoms with Crippen LogP contribution in [0.4, 0.5) is 9.59 Å². The predicted octanol–water partition coefficient (Wildman–Crippen LogP) is 11.9. The summed E-state index contributed by atoms with van der Waals surface area (Å²) in [7, 11) is 1.29. The molecule has 0 N–H and O–H groups in total. The van der Waals surface area contributed by atoms with Gasteiger partial charge >= 0.3 is 12.3 Å². The van der Waals surface area contributed by atoms with E-state index in [2.05, 4.69) is 116 Å². The van der Waals surface area contributed by atoms with Crippen LogP contribution in [0.3, 0.4) is 0 Å². The largest absolute Gasteiger partial charge is 0.514 e. The Labute approximate surface area is 300 Å². The van der Waals surface area contributed by atoms with Gasteiger partial charge in [0.2, 0.25) is 0 Å². The topological polar surface area (TPSA) is 71.1 Å². The van der Waals surface area contributed by atoms with E-state index >= 15 is 0 Å². The molecule has 0 radical (unpaired) electrons. The van der Waals surface area contributed by atoms with Crippen LogP contribution >= 0.6 is 0 Å². The van der Waals surface area contributed by atoms with E-state index in [-0.39, 0.29) is 16.2 Å². The lowest BCUT2D eigenvalue weighted by molar-refractivity contribution is -0.00179. The maximum absolute atomic E-state index is 12.2. The fraction of sp³-hybridized carbons (Fsp3) is 0.409. The number of methoxy groups -OCH3 is 1. The number of hydrogen-bond donors (Lipinski definition) is 0. The first kappa shape index (κ1) is 39.9. The normalized spacial score (nSPS) is 11.9. The van der Waals surface area contributed by atoms with Crippen LogP contribution in [0.25, 0.3) is 0 Å². The second kappa shape index (κ2) is 16.4. The van der Waals surface area contributed by atoms with Gasteiger partial charge in [-0.3, -0.25) is 0 Å². The molecule has 4 aromatic rings. The molecule has 0 aliphatic rings. The van der Waals surface area contributed by atoms with Gasteiger partial charge in [0.1, 0.15) is 17.1 Å². The highest BCUT2D eigenvalue weighted by Crippen LogP contribution is 2.34. The van der Waals surface area contributed by atoms with E-state index in [4.69, 9.17) is 14.2 Å². The van der Waals surface area contributed by atoms with Gasteiger partial charge in [-0.2, -0.15) is 0 Å². The monoisotopic (exact) mass is 680 g/mol. The van der Waals surface area contributed by atoms with Gasteiger partial charge in [0.25, 0.3) is 0 Å². The van der Waals surface area contributed by atoms with Crippen molar-refractivity contribution in [2.75, 3.05) is 7.11 Å². The summed E-state index contributed by atoms with van der Waals surface area (Å²) in [6.07, 6.45) is 0.390. The molecule has 0 heterocycles. The molecule has 0 unspecified atom stereocenters. The molecule has 0 bridgehead atoms. The Morgan fingerprint density at radius 3 is 1.12 bits per heavy atom. The Balaban J connectivity index is 0.000000284. The van der Waals surface area contributed by atoms with Crippen molar-refractivity contribution in [1.29, 1.82) is 0 Å². The highest BCUT2D eigenvalue weighted by atomic mass is 16.7. The van der Waals surface area contributed by atoms with Gasteiger partial charge in [-0.05, 0) is 92.5 Å². The van der Waals surface area contributed by atoms with Crippen LogP contribution < -0.4 is 9.47 Å². The molecule has 0 spiro atoms. The molecule has 4 rings (SSSR count). The minimum Gasteiger partial charge on any atom is -0.437 e. The Bertz CT molecular complexity index is 1670. The molecule has 0 aliphatic carbocycles. The summed E-state index contributed by atoms with van der Waals surface area (Å²) < 4.78 is 20.4. The zero-order valence-electron chi connectivity index (χ0n) is 32.1. The first-order valence-electron chi connectivity index (χ1n) is 17.2. The second-order valence-electron chi connectivity index (χ2n) is 15.9. The number of benzene rings is 4. The Kier molecular flexibility index (Phi) is 13.1. The Morgan fingerprint density at radius 2 is 0.800 bits per heavy atom. The number of ether oxygens (including phenoxy) is 4. The molecule has 6 nitrogen and oxygen atoms in total. The van der Waals surface area contributed by atoms with Gasteiger partial charge in [0.15, 0.2) is 0 Å². The van der Waals surface area contributed by atoms with E-state index in [0.29, 0.717) is 11.5 Å². The first-order valence-corrected chi connectivity index (χ1v) is 17.2. The molecule has 6 heteroatoms. The highest BCUT2D eigenvalue weighted by molar-refractivity contribution is 5.64. The summed E-state index contributed by atoms with van der Waals surface area (Å²) in [6.45, 7) is 23.3. The van der Waals surface area contributed by atoms with Crippen molar-refractivity contribution in [1.82, 2.24) is 0 Å². The maximum Gasteiger partial charge on any atom is 0.514 e. The molecule has 50 heavy (non-hydrogen) atoms. The molecule has 0 saturated carbocycles. The SMILES string of the molecule is COC(=O)Oc1ccc(C(C)(C)c2ccc(C)cc2)cc1.Cc1ccc(C(C)(C)c2ccc(OC(=O)OC(C)(C)CCC(C)(C)C)cc2)cc1. The summed E-state index contributed by atoms with van der Waals surface area (Å²) in [5, 5.41) is 0. The number of carbonyl (C=O) groups is 2.